The molecule has 2 aromatic rings. The molecular weight excluding hydrogens is 336 g/mol. The Labute approximate surface area is 151 Å². The van der Waals surface area contributed by atoms with E-state index in [-0.39, 0.29) is 6.61 Å². The Hall–Kier alpha value is -2.49. The van der Waals surface area contributed by atoms with Crippen LogP contribution in [0.2, 0.25) is 0 Å². The number of nitrogens with zero attached hydrogens (tertiary/aromatic N) is 1. The Morgan fingerprint density at radius 2 is 1.88 bits per heavy atom. The number of carbonyl (C=O) groups excluding carboxylic acids is 1. The van der Waals surface area contributed by atoms with E-state index in [4.69, 9.17) is 10.00 Å². The number of amides is 1. The van der Waals surface area contributed by atoms with Crippen LogP contribution in [-0.2, 0) is 17.8 Å². The molecule has 0 radical (unpaired) electrons. The van der Waals surface area contributed by atoms with Crippen molar-refractivity contribution in [1.82, 2.24) is 5.32 Å². The van der Waals surface area contributed by atoms with Crippen molar-refractivity contribution in [3.63, 3.8) is 0 Å². The minimum atomic E-state index is -1.32. The van der Waals surface area contributed by atoms with E-state index in [0.717, 1.165) is 16.0 Å². The van der Waals surface area contributed by atoms with Crippen molar-refractivity contribution < 1.29 is 14.6 Å². The number of alkyl carbamates (subject to hydrolysis) is 1. The number of thioether (sulfide) groups is 1. The fourth-order valence-corrected chi connectivity index (χ4v) is 2.67. The van der Waals surface area contributed by atoms with Gasteiger partial charge < -0.3 is 15.2 Å². The summed E-state index contributed by atoms with van der Waals surface area (Å²) < 4.78 is 5.15. The number of aliphatic hydroxyl groups is 1. The van der Waals surface area contributed by atoms with Gasteiger partial charge in [-0.25, -0.2) is 4.79 Å². The van der Waals surface area contributed by atoms with Crippen molar-refractivity contribution in [2.75, 3.05) is 6.26 Å². The van der Waals surface area contributed by atoms with Crippen LogP contribution in [0.1, 0.15) is 11.1 Å². The standard InChI is InChI=1S/C19H20N2O3S/c1-25-16-9-7-14(8-10-16)11-17(18(22)12-20)21-19(23)24-13-15-5-3-2-4-6-15/h2-10,17-18,22H,11,13H2,1H3,(H,21,23). The van der Waals surface area contributed by atoms with E-state index in [0.29, 0.717) is 6.42 Å². The van der Waals surface area contributed by atoms with Crippen LogP contribution < -0.4 is 5.32 Å². The third-order valence-corrected chi connectivity index (χ3v) is 4.39. The van der Waals surface area contributed by atoms with E-state index in [2.05, 4.69) is 5.32 Å². The van der Waals surface area contributed by atoms with Gasteiger partial charge in [0.25, 0.3) is 0 Å². The fourth-order valence-electron chi connectivity index (χ4n) is 2.26. The van der Waals surface area contributed by atoms with Gasteiger partial charge in [0.05, 0.1) is 12.1 Å². The van der Waals surface area contributed by atoms with Gasteiger partial charge in [0.2, 0.25) is 0 Å². The number of ether oxygens (including phenoxy) is 1. The van der Waals surface area contributed by atoms with Crippen molar-refractivity contribution in [3.05, 3.63) is 65.7 Å². The largest absolute Gasteiger partial charge is 0.445 e. The predicted octanol–water partition coefficient (Wildman–Crippen LogP) is 3.13. The first-order valence-corrected chi connectivity index (χ1v) is 9.02. The predicted molar refractivity (Wildman–Crippen MR) is 97.1 cm³/mol. The van der Waals surface area contributed by atoms with Crippen molar-refractivity contribution >= 4 is 17.9 Å². The van der Waals surface area contributed by atoms with Crippen molar-refractivity contribution in [3.8, 4) is 6.07 Å². The number of nitrogens with one attached hydrogen (secondary N) is 1. The molecule has 2 rings (SSSR count). The molecule has 2 unspecified atom stereocenters. The van der Waals surface area contributed by atoms with Crippen molar-refractivity contribution in [1.29, 1.82) is 5.26 Å². The van der Waals surface area contributed by atoms with E-state index in [1.54, 1.807) is 17.8 Å². The molecule has 5 nitrogen and oxygen atoms in total. The molecule has 0 aliphatic rings. The maximum atomic E-state index is 12.0. The van der Waals surface area contributed by atoms with E-state index in [1.807, 2.05) is 60.9 Å². The molecule has 0 saturated carbocycles. The normalized spacial score (nSPS) is 12.7. The minimum absolute atomic E-state index is 0.129. The summed E-state index contributed by atoms with van der Waals surface area (Å²) in [7, 11) is 0. The van der Waals surface area contributed by atoms with E-state index < -0.39 is 18.2 Å². The lowest BCUT2D eigenvalue weighted by Gasteiger charge is -2.20. The van der Waals surface area contributed by atoms with Crippen LogP contribution in [0.3, 0.4) is 0 Å². The molecule has 1 amide bonds. The first-order chi connectivity index (χ1) is 12.1. The zero-order chi connectivity index (χ0) is 18.1. The Morgan fingerprint density at radius 1 is 1.20 bits per heavy atom. The summed E-state index contributed by atoms with van der Waals surface area (Å²) in [6, 6.07) is 18.1. The summed E-state index contributed by atoms with van der Waals surface area (Å²) in [4.78, 5) is 13.1. The smallest absolute Gasteiger partial charge is 0.407 e. The van der Waals surface area contributed by atoms with Crippen molar-refractivity contribution in [2.24, 2.45) is 0 Å². The topological polar surface area (TPSA) is 82.3 Å². The minimum Gasteiger partial charge on any atom is -0.445 e. The third-order valence-electron chi connectivity index (χ3n) is 3.64. The van der Waals surface area contributed by atoms with Gasteiger partial charge in [0, 0.05) is 4.90 Å². The zero-order valence-corrected chi connectivity index (χ0v) is 14.7. The summed E-state index contributed by atoms with van der Waals surface area (Å²) in [5.74, 6) is 0. The Morgan fingerprint density at radius 3 is 2.48 bits per heavy atom. The van der Waals surface area contributed by atoms with Crippen LogP contribution in [0.15, 0.2) is 59.5 Å². The SMILES string of the molecule is CSc1ccc(CC(NC(=O)OCc2ccccc2)C(O)C#N)cc1. The molecule has 0 saturated heterocycles. The fraction of sp³-hybridized carbons (Fsp3) is 0.263. The van der Waals surface area contributed by atoms with Crippen LogP contribution in [0.4, 0.5) is 4.79 Å². The van der Waals surface area contributed by atoms with Gasteiger partial charge in [-0.15, -0.1) is 11.8 Å². The second kappa shape index (κ2) is 9.72. The number of rotatable bonds is 7. The highest BCUT2D eigenvalue weighted by molar-refractivity contribution is 7.98. The van der Waals surface area contributed by atoms with Gasteiger partial charge in [0.15, 0.2) is 6.10 Å². The summed E-state index contributed by atoms with van der Waals surface area (Å²) in [6.45, 7) is 0.129. The summed E-state index contributed by atoms with van der Waals surface area (Å²) in [5.41, 5.74) is 1.78. The summed E-state index contributed by atoms with van der Waals surface area (Å²) >= 11 is 1.63. The Bertz CT molecular complexity index is 714. The summed E-state index contributed by atoms with van der Waals surface area (Å²) in [6.07, 6.45) is 0.346. The van der Waals surface area contributed by atoms with Crippen LogP contribution in [0, 0.1) is 11.3 Å². The van der Waals surface area contributed by atoms with Crippen LogP contribution in [0.25, 0.3) is 0 Å². The van der Waals surface area contributed by atoms with Gasteiger partial charge in [-0.1, -0.05) is 42.5 Å². The van der Waals surface area contributed by atoms with Gasteiger partial charge >= 0.3 is 6.09 Å². The molecule has 0 fully saturated rings. The molecule has 0 aliphatic carbocycles. The monoisotopic (exact) mass is 356 g/mol. The lowest BCUT2D eigenvalue weighted by molar-refractivity contribution is 0.119. The quantitative estimate of drug-likeness (QED) is 0.588. The van der Waals surface area contributed by atoms with Gasteiger partial charge in [-0.05, 0) is 35.9 Å². The summed E-state index contributed by atoms with van der Waals surface area (Å²) in [5, 5.41) is 21.4. The maximum absolute atomic E-state index is 12.0. The Kier molecular flexibility index (Phi) is 7.33. The first-order valence-electron chi connectivity index (χ1n) is 7.80. The number of hydrogen-bond acceptors (Lipinski definition) is 5. The molecule has 130 valence electrons. The highest BCUT2D eigenvalue weighted by Crippen LogP contribution is 2.16. The second-order valence-corrected chi connectivity index (χ2v) is 6.32. The molecule has 2 N–H and O–H groups in total. The molecule has 2 aromatic carbocycles. The van der Waals surface area contributed by atoms with Crippen molar-refractivity contribution in [2.45, 2.75) is 30.1 Å². The van der Waals surface area contributed by atoms with E-state index in [1.165, 1.54) is 0 Å². The molecule has 0 aromatic heterocycles. The van der Waals surface area contributed by atoms with Crippen LogP contribution in [-0.4, -0.2) is 29.6 Å². The first kappa shape index (κ1) is 18.8. The molecule has 25 heavy (non-hydrogen) atoms. The zero-order valence-electron chi connectivity index (χ0n) is 13.9. The highest BCUT2D eigenvalue weighted by atomic mass is 32.2. The van der Waals surface area contributed by atoms with Gasteiger partial charge in [-0.3, -0.25) is 0 Å². The lowest BCUT2D eigenvalue weighted by Crippen LogP contribution is -2.44. The molecular formula is C19H20N2O3S. The number of aliphatic hydroxyl groups excluding tert-OH is 1. The second-order valence-electron chi connectivity index (χ2n) is 5.44. The number of hydrogen-bond donors (Lipinski definition) is 2. The lowest BCUT2D eigenvalue weighted by atomic mass is 10.0. The average molecular weight is 356 g/mol. The average Bonchev–Trinajstić information content (AvgIpc) is 2.66. The van der Waals surface area contributed by atoms with E-state index >= 15 is 0 Å². The Balaban J connectivity index is 1.94. The molecule has 2 atom stereocenters. The van der Waals surface area contributed by atoms with E-state index in [9.17, 15) is 9.90 Å². The number of nitriles is 1. The number of benzene rings is 2. The van der Waals surface area contributed by atoms with Gasteiger partial charge in [-0.2, -0.15) is 5.26 Å². The third kappa shape index (κ3) is 6.14. The molecule has 6 heteroatoms. The van der Waals surface area contributed by atoms with Crippen LogP contribution in [0.5, 0.6) is 0 Å². The molecule has 0 heterocycles. The van der Waals surface area contributed by atoms with Gasteiger partial charge in [0.1, 0.15) is 6.61 Å². The highest BCUT2D eigenvalue weighted by Gasteiger charge is 2.22. The number of carbonyl (C=O) groups is 1. The van der Waals surface area contributed by atoms with Crippen LogP contribution >= 0.6 is 11.8 Å². The molecule has 0 bridgehead atoms. The molecule has 0 aliphatic heterocycles. The maximum Gasteiger partial charge on any atom is 0.407 e. The molecule has 0 spiro atoms.